The molecule has 0 saturated carbocycles. The molecular formula is C26H33Cl2F6N3O. The Labute approximate surface area is 231 Å². The molecule has 1 fully saturated rings. The molecule has 1 aliphatic heterocycles. The van der Waals surface area contributed by atoms with E-state index in [0.29, 0.717) is 31.3 Å². The Morgan fingerprint density at radius 2 is 1.39 bits per heavy atom. The number of piperidine rings is 1. The van der Waals surface area contributed by atoms with Crippen molar-refractivity contribution in [2.45, 2.75) is 43.7 Å². The smallest absolute Gasteiger partial charge is 0.344 e. The summed E-state index contributed by atoms with van der Waals surface area (Å²) in [6, 6.07) is 10.6. The lowest BCUT2D eigenvalue weighted by Gasteiger charge is -2.40. The Morgan fingerprint density at radius 1 is 0.895 bits per heavy atom. The highest BCUT2D eigenvalue weighted by Gasteiger charge is 2.37. The first kappa shape index (κ1) is 34.0. The van der Waals surface area contributed by atoms with Crippen molar-refractivity contribution in [1.29, 1.82) is 0 Å². The summed E-state index contributed by atoms with van der Waals surface area (Å²) in [4.78, 5) is 19.2. The quantitative estimate of drug-likeness (QED) is 0.354. The maximum atomic E-state index is 13.5. The first-order valence-corrected chi connectivity index (χ1v) is 11.8. The molecule has 1 amide bonds. The molecule has 1 unspecified atom stereocenters. The average molecular weight is 588 g/mol. The van der Waals surface area contributed by atoms with E-state index >= 15 is 0 Å². The predicted molar refractivity (Wildman–Crippen MR) is 140 cm³/mol. The fourth-order valence-corrected chi connectivity index (χ4v) is 4.58. The van der Waals surface area contributed by atoms with Gasteiger partial charge in [0.1, 0.15) is 6.04 Å². The molecular weight excluding hydrogens is 555 g/mol. The molecule has 3 rings (SSSR count). The van der Waals surface area contributed by atoms with Gasteiger partial charge < -0.3 is 9.80 Å². The molecule has 1 saturated heterocycles. The van der Waals surface area contributed by atoms with E-state index in [1.807, 2.05) is 44.4 Å². The monoisotopic (exact) mass is 587 g/mol. The number of alkyl halides is 6. The number of rotatable bonds is 7. The Hall–Kier alpha value is -2.01. The van der Waals surface area contributed by atoms with Crippen LogP contribution in [0.4, 0.5) is 26.3 Å². The Morgan fingerprint density at radius 3 is 1.84 bits per heavy atom. The number of carbonyl (C=O) groups excluding carboxylic acids is 1. The fraction of sp³-hybridized carbons (Fsp3) is 0.500. The molecule has 4 nitrogen and oxygen atoms in total. The van der Waals surface area contributed by atoms with Crippen LogP contribution in [0.5, 0.6) is 0 Å². The minimum atomic E-state index is -4.91. The highest BCUT2D eigenvalue weighted by atomic mass is 35.5. The zero-order valence-corrected chi connectivity index (χ0v) is 23.0. The van der Waals surface area contributed by atoms with Gasteiger partial charge in [-0.25, -0.2) is 0 Å². The van der Waals surface area contributed by atoms with Gasteiger partial charge in [0.2, 0.25) is 5.91 Å². The predicted octanol–water partition coefficient (Wildman–Crippen LogP) is 6.34. The number of amides is 1. The van der Waals surface area contributed by atoms with Crippen molar-refractivity contribution in [3.8, 4) is 0 Å². The van der Waals surface area contributed by atoms with Crippen molar-refractivity contribution >= 4 is 30.7 Å². The number of likely N-dealkylation sites (tertiary alicyclic amines) is 1. The molecule has 0 spiro atoms. The van der Waals surface area contributed by atoms with Crippen LogP contribution >= 0.6 is 24.8 Å². The highest BCUT2D eigenvalue weighted by molar-refractivity contribution is 5.85. The zero-order valence-electron chi connectivity index (χ0n) is 21.4. The SMILES string of the molecule is CN(CCc1cc(C(F)(F)F)cc(C(F)(F)F)c1)C(=O)C(c1ccccc1)N1CCC(N(C)C)CC1.Cl.Cl. The molecule has 2 aromatic carbocycles. The summed E-state index contributed by atoms with van der Waals surface area (Å²) in [5, 5.41) is 0. The molecule has 1 atom stereocenters. The van der Waals surface area contributed by atoms with Gasteiger partial charge in [-0.1, -0.05) is 30.3 Å². The number of nitrogens with zero attached hydrogens (tertiary/aromatic N) is 3. The summed E-state index contributed by atoms with van der Waals surface area (Å²) >= 11 is 0. The minimum absolute atomic E-state index is 0. The topological polar surface area (TPSA) is 26.8 Å². The fourth-order valence-electron chi connectivity index (χ4n) is 4.58. The maximum absolute atomic E-state index is 13.5. The number of carbonyl (C=O) groups is 1. The summed E-state index contributed by atoms with van der Waals surface area (Å²) in [6.45, 7) is 1.38. The van der Waals surface area contributed by atoms with Crippen LogP contribution in [0, 0.1) is 0 Å². The van der Waals surface area contributed by atoms with Gasteiger partial charge in [-0.3, -0.25) is 9.69 Å². The van der Waals surface area contributed by atoms with Crippen molar-refractivity contribution < 1.29 is 31.1 Å². The number of hydrogen-bond acceptors (Lipinski definition) is 3. The molecule has 1 aliphatic rings. The molecule has 0 aromatic heterocycles. The van der Waals surface area contributed by atoms with Crippen LogP contribution in [0.2, 0.25) is 0 Å². The lowest BCUT2D eigenvalue weighted by Crippen LogP contribution is -2.48. The minimum Gasteiger partial charge on any atom is -0.344 e. The van der Waals surface area contributed by atoms with Gasteiger partial charge in [0.15, 0.2) is 0 Å². The summed E-state index contributed by atoms with van der Waals surface area (Å²) in [5.74, 6) is -0.243. The summed E-state index contributed by atoms with van der Waals surface area (Å²) < 4.78 is 79.2. The summed E-state index contributed by atoms with van der Waals surface area (Å²) in [6.07, 6.45) is -8.18. The molecule has 0 bridgehead atoms. The second kappa shape index (κ2) is 13.9. The third-order valence-corrected chi connectivity index (χ3v) is 6.70. The second-order valence-electron chi connectivity index (χ2n) is 9.47. The molecule has 2 aromatic rings. The molecule has 0 radical (unpaired) electrons. The van der Waals surface area contributed by atoms with Gasteiger partial charge in [0, 0.05) is 32.7 Å². The van der Waals surface area contributed by atoms with E-state index in [1.165, 1.54) is 11.9 Å². The van der Waals surface area contributed by atoms with E-state index in [1.54, 1.807) is 0 Å². The van der Waals surface area contributed by atoms with E-state index in [9.17, 15) is 31.1 Å². The van der Waals surface area contributed by atoms with Gasteiger partial charge in [-0.2, -0.15) is 26.3 Å². The molecule has 12 heteroatoms. The van der Waals surface area contributed by atoms with E-state index in [-0.39, 0.29) is 55.3 Å². The van der Waals surface area contributed by atoms with Crippen LogP contribution in [0.1, 0.15) is 41.1 Å². The van der Waals surface area contributed by atoms with Gasteiger partial charge >= 0.3 is 12.4 Å². The first-order chi connectivity index (χ1) is 16.8. The average Bonchev–Trinajstić information content (AvgIpc) is 2.82. The molecule has 1 heterocycles. The molecule has 38 heavy (non-hydrogen) atoms. The van der Waals surface area contributed by atoms with Crippen LogP contribution in [0.3, 0.4) is 0 Å². The van der Waals surface area contributed by atoms with Gasteiger partial charge in [0.05, 0.1) is 11.1 Å². The van der Waals surface area contributed by atoms with E-state index < -0.39 is 29.5 Å². The Balaban J connectivity index is 0.00000361. The standard InChI is InChI=1S/C26H31F6N3O.2ClH/c1-33(2)22-10-13-35(14-11-22)23(19-7-5-4-6-8-19)24(36)34(3)12-9-18-15-20(25(27,28)29)17-21(16-18)26(30,31)32;;/h4-8,15-17,22-23H,9-14H2,1-3H3;2*1H. The van der Waals surface area contributed by atoms with E-state index in [2.05, 4.69) is 9.80 Å². The third-order valence-electron chi connectivity index (χ3n) is 6.70. The van der Waals surface area contributed by atoms with Crippen LogP contribution in [-0.2, 0) is 23.6 Å². The third kappa shape index (κ3) is 8.76. The van der Waals surface area contributed by atoms with E-state index in [0.717, 1.165) is 18.4 Å². The molecule has 0 N–H and O–H groups in total. The second-order valence-corrected chi connectivity index (χ2v) is 9.47. The summed E-state index contributed by atoms with van der Waals surface area (Å²) in [7, 11) is 5.57. The number of benzene rings is 2. The lowest BCUT2D eigenvalue weighted by molar-refractivity contribution is -0.143. The van der Waals surface area contributed by atoms with Crippen molar-refractivity contribution in [2.75, 3.05) is 40.8 Å². The van der Waals surface area contributed by atoms with Crippen molar-refractivity contribution in [2.24, 2.45) is 0 Å². The molecule has 0 aliphatic carbocycles. The first-order valence-electron chi connectivity index (χ1n) is 11.8. The lowest BCUT2D eigenvalue weighted by atomic mass is 9.97. The van der Waals surface area contributed by atoms with Crippen molar-refractivity contribution in [1.82, 2.24) is 14.7 Å². The van der Waals surface area contributed by atoms with Crippen LogP contribution < -0.4 is 0 Å². The van der Waals surface area contributed by atoms with Crippen molar-refractivity contribution in [3.63, 3.8) is 0 Å². The van der Waals surface area contributed by atoms with Crippen molar-refractivity contribution in [3.05, 3.63) is 70.8 Å². The number of halogens is 8. The highest BCUT2D eigenvalue weighted by Crippen LogP contribution is 2.36. The number of hydrogen-bond donors (Lipinski definition) is 0. The van der Waals surface area contributed by atoms with Crippen LogP contribution in [0.25, 0.3) is 0 Å². The summed E-state index contributed by atoms with van der Waals surface area (Å²) in [5.41, 5.74) is -2.03. The zero-order chi connectivity index (χ0) is 26.7. The van der Waals surface area contributed by atoms with Gasteiger partial charge in [0.25, 0.3) is 0 Å². The Kier molecular flexibility index (Phi) is 12.4. The van der Waals surface area contributed by atoms with Gasteiger partial charge in [-0.05, 0) is 62.7 Å². The number of likely N-dealkylation sites (N-methyl/N-ethyl adjacent to an activating group) is 1. The van der Waals surface area contributed by atoms with Crippen LogP contribution in [-0.4, -0.2) is 67.4 Å². The molecule has 214 valence electrons. The largest absolute Gasteiger partial charge is 0.416 e. The van der Waals surface area contributed by atoms with Crippen LogP contribution in [0.15, 0.2) is 48.5 Å². The van der Waals surface area contributed by atoms with Gasteiger partial charge in [-0.15, -0.1) is 24.8 Å². The maximum Gasteiger partial charge on any atom is 0.416 e. The normalized spacial score (nSPS) is 15.9. The van der Waals surface area contributed by atoms with E-state index in [4.69, 9.17) is 0 Å². The Bertz CT molecular complexity index is 994.